The van der Waals surface area contributed by atoms with Crippen molar-refractivity contribution < 1.29 is 26.4 Å². The van der Waals surface area contributed by atoms with Crippen molar-refractivity contribution in [2.45, 2.75) is 12.5 Å². The van der Waals surface area contributed by atoms with Gasteiger partial charge in [-0.05, 0) is 29.6 Å². The Kier molecular flexibility index (Phi) is 4.67. The number of carboxylic acid groups (broad SMARTS) is 1. The molecule has 0 fully saturated rings. The molecule has 0 radical (unpaired) electrons. The van der Waals surface area contributed by atoms with Crippen molar-refractivity contribution in [3.05, 3.63) is 40.3 Å². The zero-order valence-corrected chi connectivity index (χ0v) is 10.1. The van der Waals surface area contributed by atoms with E-state index < -0.39 is 22.5 Å². The summed E-state index contributed by atoms with van der Waals surface area (Å²) >= 11 is 0. The lowest BCUT2D eigenvalue weighted by Crippen LogP contribution is -2.19. The van der Waals surface area contributed by atoms with Crippen LogP contribution in [0.3, 0.4) is 0 Å². The molecule has 102 valence electrons. The van der Waals surface area contributed by atoms with Crippen molar-refractivity contribution in [3.63, 3.8) is 0 Å². The van der Waals surface area contributed by atoms with Crippen LogP contribution in [0.1, 0.15) is 5.56 Å². The molecular weight excluding hydrogens is 281 g/mol. The molecule has 1 atom stereocenters. The van der Waals surface area contributed by atoms with Crippen molar-refractivity contribution >= 4 is 16.5 Å². The lowest BCUT2D eigenvalue weighted by Gasteiger charge is -2.06. The molecule has 19 heavy (non-hydrogen) atoms. The van der Waals surface area contributed by atoms with Gasteiger partial charge in [0.1, 0.15) is 11.8 Å². The topological polar surface area (TPSA) is 129 Å². The van der Waals surface area contributed by atoms with Gasteiger partial charge < -0.3 is 9.29 Å². The largest absolute Gasteiger partial charge is 0.488 e. The van der Waals surface area contributed by atoms with Gasteiger partial charge in [-0.2, -0.15) is 8.42 Å². The average Bonchev–Trinajstić information content (AvgIpc) is 2.29. The summed E-state index contributed by atoms with van der Waals surface area (Å²) in [4.78, 5) is 13.1. The Balaban J connectivity index is 2.81. The second-order valence-electron chi connectivity index (χ2n) is 3.38. The fourth-order valence-electron chi connectivity index (χ4n) is 1.26. The van der Waals surface area contributed by atoms with Gasteiger partial charge in [-0.3, -0.25) is 4.79 Å². The van der Waals surface area contributed by atoms with Crippen LogP contribution in [0.2, 0.25) is 0 Å². The van der Waals surface area contributed by atoms with Crippen LogP contribution in [-0.4, -0.2) is 25.5 Å². The second-order valence-corrected chi connectivity index (χ2v) is 4.34. The molecule has 0 saturated heterocycles. The van der Waals surface area contributed by atoms with Gasteiger partial charge in [0, 0.05) is 4.91 Å². The second kappa shape index (κ2) is 6.03. The molecule has 1 N–H and O–H groups in total. The molecule has 8 nitrogen and oxygen atoms in total. The van der Waals surface area contributed by atoms with Crippen LogP contribution in [0, 0.1) is 0 Å². The predicted molar refractivity (Wildman–Crippen MR) is 61.4 cm³/mol. The highest BCUT2D eigenvalue weighted by Crippen LogP contribution is 2.16. The van der Waals surface area contributed by atoms with E-state index in [9.17, 15) is 17.1 Å². The average molecular weight is 289 g/mol. The third kappa shape index (κ3) is 5.23. The molecule has 0 amide bonds. The zero-order valence-electron chi connectivity index (χ0n) is 9.30. The first-order chi connectivity index (χ1) is 8.81. The molecule has 0 bridgehead atoms. The first-order valence-corrected chi connectivity index (χ1v) is 6.12. The number of rotatable bonds is 6. The molecule has 1 rings (SSSR count). The first kappa shape index (κ1) is 14.7. The Morgan fingerprint density at radius 3 is 2.47 bits per heavy atom. The molecule has 1 aromatic carbocycles. The van der Waals surface area contributed by atoms with E-state index in [0.717, 1.165) is 12.1 Å². The van der Waals surface area contributed by atoms with E-state index in [2.05, 4.69) is 14.2 Å². The number of benzene rings is 1. The van der Waals surface area contributed by atoms with Crippen LogP contribution in [0.5, 0.6) is 5.75 Å². The van der Waals surface area contributed by atoms with Crippen LogP contribution >= 0.6 is 0 Å². The Hall–Kier alpha value is -2.32. The molecule has 0 aliphatic rings. The number of hydrogen-bond acceptors (Lipinski definition) is 5. The van der Waals surface area contributed by atoms with Gasteiger partial charge in [-0.15, -0.1) is 0 Å². The fourth-order valence-corrected chi connectivity index (χ4v) is 1.60. The molecule has 0 saturated carbocycles. The van der Waals surface area contributed by atoms with Gasteiger partial charge >= 0.3 is 16.5 Å². The van der Waals surface area contributed by atoms with Gasteiger partial charge in [0.15, 0.2) is 0 Å². The van der Waals surface area contributed by atoms with Gasteiger partial charge in [0.25, 0.3) is 0 Å². The number of nitrogens with zero attached hydrogens (tertiary/aromatic N) is 3. The van der Waals surface area contributed by atoms with E-state index in [-0.39, 0.29) is 12.2 Å². The van der Waals surface area contributed by atoms with Gasteiger partial charge in [0.2, 0.25) is 0 Å². The summed E-state index contributed by atoms with van der Waals surface area (Å²) in [6, 6.07) is 3.71. The molecule has 0 heterocycles. The smallest absolute Gasteiger partial charge is 0.481 e. The minimum atomic E-state index is -5.10. The summed E-state index contributed by atoms with van der Waals surface area (Å²) in [6.07, 6.45) is -0.0813. The van der Waals surface area contributed by atoms with E-state index in [1.54, 1.807) is 0 Å². The lowest BCUT2D eigenvalue weighted by atomic mass is 10.1. The van der Waals surface area contributed by atoms with E-state index in [4.69, 9.17) is 10.6 Å². The fraction of sp³-hybridized carbons (Fsp3) is 0.222. The van der Waals surface area contributed by atoms with Crippen molar-refractivity contribution in [1.29, 1.82) is 0 Å². The monoisotopic (exact) mass is 289 g/mol. The van der Waals surface area contributed by atoms with E-state index in [0.29, 0.717) is 5.56 Å². The molecule has 0 aliphatic carbocycles. The third-order valence-electron chi connectivity index (χ3n) is 2.02. The van der Waals surface area contributed by atoms with Crippen LogP contribution < -0.4 is 4.18 Å². The van der Waals surface area contributed by atoms with Crippen LogP contribution in [-0.2, 0) is 21.7 Å². The van der Waals surface area contributed by atoms with Crippen LogP contribution in [0.4, 0.5) is 3.89 Å². The Labute approximate surface area is 107 Å². The summed E-state index contributed by atoms with van der Waals surface area (Å²) in [7, 11) is -5.10. The van der Waals surface area contributed by atoms with Gasteiger partial charge in [0.05, 0.1) is 0 Å². The van der Waals surface area contributed by atoms with Gasteiger partial charge in [-0.1, -0.05) is 21.1 Å². The van der Waals surface area contributed by atoms with Crippen molar-refractivity contribution in [2.75, 3.05) is 0 Å². The molecule has 0 aliphatic heterocycles. The van der Waals surface area contributed by atoms with Crippen LogP contribution in [0.25, 0.3) is 10.4 Å². The van der Waals surface area contributed by atoms with Gasteiger partial charge in [-0.25, -0.2) is 0 Å². The number of azide groups is 1. The minimum Gasteiger partial charge on any atom is -0.481 e. The molecule has 0 aromatic heterocycles. The molecule has 1 aromatic rings. The SMILES string of the molecule is [N-]=[N+]=NC(Cc1ccc(OS(=O)(=O)F)cc1)C(=O)O. The zero-order chi connectivity index (χ0) is 14.5. The normalized spacial score (nSPS) is 12.3. The number of halogens is 1. The van der Waals surface area contributed by atoms with E-state index in [1.165, 1.54) is 12.1 Å². The predicted octanol–water partition coefficient (Wildman–Crippen LogP) is 1.59. The highest BCUT2D eigenvalue weighted by Gasteiger charge is 2.16. The lowest BCUT2D eigenvalue weighted by molar-refractivity contribution is -0.138. The standard InChI is InChI=1S/C9H8FN3O5S/c10-19(16,17)18-7-3-1-6(2-4-7)5-8(9(14)15)12-13-11/h1-4,8H,5H2,(H,14,15). The number of hydrogen-bond donors (Lipinski definition) is 1. The Bertz CT molecular complexity index is 607. The summed E-state index contributed by atoms with van der Waals surface area (Å²) in [5.74, 6) is -1.54. The van der Waals surface area contributed by atoms with Crippen molar-refractivity contribution in [1.82, 2.24) is 0 Å². The summed E-state index contributed by atoms with van der Waals surface area (Å²) in [5.41, 5.74) is 8.66. The highest BCUT2D eigenvalue weighted by atomic mass is 32.3. The summed E-state index contributed by atoms with van der Waals surface area (Å²) in [6.45, 7) is 0. The maximum Gasteiger partial charge on any atom is 0.488 e. The Morgan fingerprint density at radius 1 is 1.47 bits per heavy atom. The number of aliphatic carboxylic acids is 1. The molecule has 10 heteroatoms. The molecule has 1 unspecified atom stereocenters. The van der Waals surface area contributed by atoms with Crippen molar-refractivity contribution in [2.24, 2.45) is 5.11 Å². The minimum absolute atomic E-state index is 0.0813. The maximum absolute atomic E-state index is 12.2. The molecule has 0 spiro atoms. The van der Waals surface area contributed by atoms with E-state index >= 15 is 0 Å². The third-order valence-corrected chi connectivity index (χ3v) is 2.42. The van der Waals surface area contributed by atoms with Crippen LogP contribution in [0.15, 0.2) is 29.4 Å². The Morgan fingerprint density at radius 2 is 2.05 bits per heavy atom. The summed E-state index contributed by atoms with van der Waals surface area (Å²) in [5, 5.41) is 11.8. The number of carbonyl (C=O) groups is 1. The quantitative estimate of drug-likeness (QED) is 0.368. The summed E-state index contributed by atoms with van der Waals surface area (Å²) < 4.78 is 36.6. The number of carboxylic acids is 1. The van der Waals surface area contributed by atoms with E-state index in [1.807, 2.05) is 0 Å². The maximum atomic E-state index is 12.2. The highest BCUT2D eigenvalue weighted by molar-refractivity contribution is 7.81. The molecular formula is C9H8FN3O5S. The first-order valence-electron chi connectivity index (χ1n) is 4.82. The van der Waals surface area contributed by atoms with Crippen molar-refractivity contribution in [3.8, 4) is 5.75 Å².